The summed E-state index contributed by atoms with van der Waals surface area (Å²) in [6.45, 7) is 10.5. The second kappa shape index (κ2) is 7.19. The van der Waals surface area contributed by atoms with Gasteiger partial charge in [0.1, 0.15) is 12.2 Å². The summed E-state index contributed by atoms with van der Waals surface area (Å²) in [6.07, 6.45) is 3.08. The van der Waals surface area contributed by atoms with E-state index >= 15 is 0 Å². The Morgan fingerprint density at radius 3 is 2.76 bits per heavy atom. The molecule has 3 aliphatic rings. The van der Waals surface area contributed by atoms with Crippen molar-refractivity contribution in [1.82, 2.24) is 4.90 Å². The topological polar surface area (TPSA) is 48.0 Å². The van der Waals surface area contributed by atoms with Crippen LogP contribution in [0.1, 0.15) is 64.5 Å². The van der Waals surface area contributed by atoms with Crippen molar-refractivity contribution in [3.05, 3.63) is 23.3 Å². The Morgan fingerprint density at radius 2 is 2.07 bits per heavy atom. The number of esters is 1. The molecule has 1 fully saturated rings. The zero-order valence-electron chi connectivity index (χ0n) is 18.7. The van der Waals surface area contributed by atoms with E-state index in [2.05, 4.69) is 45.7 Å². The fourth-order valence-electron chi connectivity index (χ4n) is 5.73. The number of methoxy groups -OCH3 is 1. The summed E-state index contributed by atoms with van der Waals surface area (Å²) in [5.74, 6) is 2.00. The lowest BCUT2D eigenvalue weighted by atomic mass is 9.59. The third-order valence-corrected chi connectivity index (χ3v) is 7.02. The minimum Gasteiger partial charge on any atom is -0.493 e. The first-order valence-electron chi connectivity index (χ1n) is 10.9. The van der Waals surface area contributed by atoms with Crippen LogP contribution in [0, 0.1) is 11.3 Å². The number of carbonyl (C=O) groups is 1. The average Bonchev–Trinajstić information content (AvgIpc) is 2.86. The predicted molar refractivity (Wildman–Crippen MR) is 112 cm³/mol. The van der Waals surface area contributed by atoms with Crippen LogP contribution in [0.5, 0.6) is 11.5 Å². The summed E-state index contributed by atoms with van der Waals surface area (Å²) in [5.41, 5.74) is 2.60. The molecule has 2 unspecified atom stereocenters. The van der Waals surface area contributed by atoms with Crippen molar-refractivity contribution in [2.45, 2.75) is 77.5 Å². The van der Waals surface area contributed by atoms with Crippen LogP contribution in [0.4, 0.5) is 0 Å². The van der Waals surface area contributed by atoms with Gasteiger partial charge < -0.3 is 19.1 Å². The molecule has 1 aromatic rings. The lowest BCUT2D eigenvalue weighted by Gasteiger charge is -2.46. The first-order chi connectivity index (χ1) is 13.6. The van der Waals surface area contributed by atoms with E-state index in [4.69, 9.17) is 14.2 Å². The highest BCUT2D eigenvalue weighted by Crippen LogP contribution is 2.59. The van der Waals surface area contributed by atoms with E-state index in [-0.39, 0.29) is 29.0 Å². The van der Waals surface area contributed by atoms with Gasteiger partial charge in [-0.1, -0.05) is 33.8 Å². The summed E-state index contributed by atoms with van der Waals surface area (Å²) < 4.78 is 18.2. The zero-order chi connectivity index (χ0) is 21.0. The Kier molecular flexibility index (Phi) is 5.09. The number of benzene rings is 1. The van der Waals surface area contributed by atoms with Crippen molar-refractivity contribution in [2.24, 2.45) is 11.3 Å². The molecular weight excluding hydrogens is 366 g/mol. The fraction of sp³-hybridized carbons (Fsp3) is 0.708. The zero-order valence-corrected chi connectivity index (χ0v) is 18.7. The van der Waals surface area contributed by atoms with Gasteiger partial charge in [-0.25, -0.2) is 0 Å². The van der Waals surface area contributed by atoms with Crippen LogP contribution in [-0.4, -0.2) is 43.8 Å². The molecule has 4 rings (SSSR count). The standard InChI is InChI=1S/C24H35NO4/c1-15-11-17(28-20(26)13-23(2,3)4)12-19-24(15)9-10-25(5)14-16-7-8-18(27-6)22(29-19)21(16)24/h7-8,15,17,19H,9-14H2,1-6H3/t15?,17-,19?,24+/m0/s1. The number of carbonyl (C=O) groups excluding carboxylic acids is 1. The summed E-state index contributed by atoms with van der Waals surface area (Å²) >= 11 is 0. The molecule has 1 aliphatic carbocycles. The minimum atomic E-state index is -0.0972. The van der Waals surface area contributed by atoms with Crippen LogP contribution in [0.3, 0.4) is 0 Å². The van der Waals surface area contributed by atoms with Crippen LogP contribution in [0.25, 0.3) is 0 Å². The van der Waals surface area contributed by atoms with Crippen LogP contribution < -0.4 is 9.47 Å². The van der Waals surface area contributed by atoms with Gasteiger partial charge in [0.15, 0.2) is 11.5 Å². The van der Waals surface area contributed by atoms with Crippen molar-refractivity contribution in [1.29, 1.82) is 0 Å². The molecule has 2 heterocycles. The lowest BCUT2D eigenvalue weighted by Crippen LogP contribution is -2.52. The molecule has 0 N–H and O–H groups in total. The number of ether oxygens (including phenoxy) is 3. The molecule has 0 amide bonds. The van der Waals surface area contributed by atoms with Gasteiger partial charge in [-0.2, -0.15) is 0 Å². The maximum atomic E-state index is 12.5. The van der Waals surface area contributed by atoms with Gasteiger partial charge in [-0.3, -0.25) is 4.79 Å². The smallest absolute Gasteiger partial charge is 0.306 e. The maximum absolute atomic E-state index is 12.5. The van der Waals surface area contributed by atoms with Crippen molar-refractivity contribution >= 4 is 5.97 Å². The first kappa shape index (κ1) is 20.5. The number of rotatable bonds is 3. The highest BCUT2D eigenvalue weighted by atomic mass is 16.6. The monoisotopic (exact) mass is 401 g/mol. The van der Waals surface area contributed by atoms with Crippen LogP contribution in [-0.2, 0) is 21.5 Å². The average molecular weight is 402 g/mol. The van der Waals surface area contributed by atoms with Gasteiger partial charge >= 0.3 is 5.97 Å². The molecule has 1 saturated carbocycles. The molecule has 5 nitrogen and oxygen atoms in total. The molecule has 0 saturated heterocycles. The second-order valence-electron chi connectivity index (χ2n) is 10.5. The Labute approximate surface area is 174 Å². The third kappa shape index (κ3) is 3.52. The van der Waals surface area contributed by atoms with Crippen LogP contribution in [0.15, 0.2) is 12.1 Å². The molecule has 0 radical (unpaired) electrons. The van der Waals surface area contributed by atoms with Gasteiger partial charge in [-0.05, 0) is 49.4 Å². The first-order valence-corrected chi connectivity index (χ1v) is 10.9. The van der Waals surface area contributed by atoms with Crippen molar-refractivity contribution in [3.8, 4) is 11.5 Å². The molecule has 0 bridgehead atoms. The SMILES string of the molecule is COc1ccc2c3c1OC1C[C@@H](OC(=O)CC(C)(C)C)CC(C)[C@@]31CCN(C)C2. The van der Waals surface area contributed by atoms with Gasteiger partial charge in [-0.15, -0.1) is 0 Å². The summed E-state index contributed by atoms with van der Waals surface area (Å²) in [5, 5.41) is 0. The van der Waals surface area contributed by atoms with E-state index in [9.17, 15) is 4.79 Å². The van der Waals surface area contributed by atoms with Crippen LogP contribution in [0.2, 0.25) is 0 Å². The van der Waals surface area contributed by atoms with Crippen molar-refractivity contribution in [3.63, 3.8) is 0 Å². The molecule has 1 spiro atoms. The number of hydrogen-bond donors (Lipinski definition) is 0. The Morgan fingerprint density at radius 1 is 1.31 bits per heavy atom. The van der Waals surface area contributed by atoms with E-state index in [1.807, 2.05) is 6.07 Å². The van der Waals surface area contributed by atoms with E-state index in [0.717, 1.165) is 43.9 Å². The summed E-state index contributed by atoms with van der Waals surface area (Å²) in [7, 11) is 3.90. The Balaban J connectivity index is 1.65. The number of hydrogen-bond acceptors (Lipinski definition) is 5. The van der Waals surface area contributed by atoms with E-state index in [0.29, 0.717) is 12.3 Å². The second-order valence-corrected chi connectivity index (χ2v) is 10.5. The van der Waals surface area contributed by atoms with Crippen molar-refractivity contribution in [2.75, 3.05) is 20.7 Å². The summed E-state index contributed by atoms with van der Waals surface area (Å²) in [4.78, 5) is 14.9. The van der Waals surface area contributed by atoms with E-state index < -0.39 is 0 Å². The molecule has 160 valence electrons. The summed E-state index contributed by atoms with van der Waals surface area (Å²) in [6, 6.07) is 4.24. The van der Waals surface area contributed by atoms with Crippen LogP contribution >= 0.6 is 0 Å². The molecule has 29 heavy (non-hydrogen) atoms. The lowest BCUT2D eigenvalue weighted by molar-refractivity contribution is -0.157. The van der Waals surface area contributed by atoms with Gasteiger partial charge in [0.25, 0.3) is 0 Å². The predicted octanol–water partition coefficient (Wildman–Crippen LogP) is 4.31. The highest BCUT2D eigenvalue weighted by Gasteiger charge is 2.58. The van der Waals surface area contributed by atoms with Gasteiger partial charge in [0.2, 0.25) is 0 Å². The molecule has 1 aromatic carbocycles. The number of nitrogens with zero attached hydrogens (tertiary/aromatic N) is 1. The maximum Gasteiger partial charge on any atom is 0.306 e. The van der Waals surface area contributed by atoms with E-state index in [1.165, 1.54) is 11.1 Å². The Bertz CT molecular complexity index is 799. The molecule has 2 aliphatic heterocycles. The van der Waals surface area contributed by atoms with Crippen molar-refractivity contribution < 1.29 is 19.0 Å². The largest absolute Gasteiger partial charge is 0.493 e. The Hall–Kier alpha value is -1.75. The third-order valence-electron chi connectivity index (χ3n) is 7.02. The molecular formula is C24H35NO4. The molecule has 0 aromatic heterocycles. The normalized spacial score (nSPS) is 31.3. The fourth-order valence-corrected chi connectivity index (χ4v) is 5.73. The van der Waals surface area contributed by atoms with E-state index in [1.54, 1.807) is 7.11 Å². The highest BCUT2D eigenvalue weighted by molar-refractivity contribution is 5.70. The quantitative estimate of drug-likeness (QED) is 0.707. The molecule has 5 heteroatoms. The minimum absolute atomic E-state index is 0.0234. The van der Waals surface area contributed by atoms with Gasteiger partial charge in [0, 0.05) is 23.9 Å². The van der Waals surface area contributed by atoms with Gasteiger partial charge in [0.05, 0.1) is 13.5 Å². The molecule has 4 atom stereocenters.